The first-order valence-corrected chi connectivity index (χ1v) is 6.86. The monoisotopic (exact) mass is 251 g/mol. The number of fused-ring (bicyclic) bond motifs is 1. The third-order valence-corrected chi connectivity index (χ3v) is 4.30. The highest BCUT2D eigenvalue weighted by Crippen LogP contribution is 2.30. The molecule has 1 aliphatic rings. The van der Waals surface area contributed by atoms with Gasteiger partial charge in [0.1, 0.15) is 0 Å². The minimum absolute atomic E-state index is 0.631. The van der Waals surface area contributed by atoms with Gasteiger partial charge in [-0.15, -0.1) is 16.4 Å². The van der Waals surface area contributed by atoms with Crippen molar-refractivity contribution in [1.82, 2.24) is 19.5 Å². The minimum atomic E-state index is 0.631. The Hall–Kier alpha value is -1.14. The highest BCUT2D eigenvalue weighted by Gasteiger charge is 2.22. The molecule has 0 atom stereocenters. The average Bonchev–Trinajstić information content (AvgIpc) is 2.89. The standard InChI is InChI=1S/C11H17N5S/c1-12-10-13-11-16(14-10)9(7-17-11)8-3-5-15(2)6-4-8/h7-8H,3-6H2,1-2H3,(H,12,14). The van der Waals surface area contributed by atoms with Crippen molar-refractivity contribution in [2.45, 2.75) is 18.8 Å². The van der Waals surface area contributed by atoms with Crippen LogP contribution in [0.3, 0.4) is 0 Å². The average molecular weight is 251 g/mol. The molecule has 17 heavy (non-hydrogen) atoms. The summed E-state index contributed by atoms with van der Waals surface area (Å²) in [5.74, 6) is 1.34. The Morgan fingerprint density at radius 3 is 2.88 bits per heavy atom. The molecule has 2 aromatic heterocycles. The first-order chi connectivity index (χ1) is 8.28. The first kappa shape index (κ1) is 11.0. The number of likely N-dealkylation sites (tertiary alicyclic amines) is 1. The fraction of sp³-hybridized carbons (Fsp3) is 0.636. The zero-order valence-electron chi connectivity index (χ0n) is 10.2. The Morgan fingerprint density at radius 2 is 2.18 bits per heavy atom. The molecule has 0 aromatic carbocycles. The molecular formula is C11H17N5S. The van der Waals surface area contributed by atoms with Crippen LogP contribution >= 0.6 is 11.3 Å². The fourth-order valence-electron chi connectivity index (χ4n) is 2.38. The molecule has 0 bridgehead atoms. The lowest BCUT2D eigenvalue weighted by molar-refractivity contribution is 0.252. The lowest BCUT2D eigenvalue weighted by Gasteiger charge is -2.28. The number of nitrogens with one attached hydrogen (secondary N) is 1. The lowest BCUT2D eigenvalue weighted by Crippen LogP contribution is -2.29. The van der Waals surface area contributed by atoms with Crippen LogP contribution in [0.5, 0.6) is 0 Å². The quantitative estimate of drug-likeness (QED) is 0.881. The van der Waals surface area contributed by atoms with Crippen LogP contribution in [0.1, 0.15) is 24.5 Å². The smallest absolute Gasteiger partial charge is 0.243 e. The topological polar surface area (TPSA) is 45.5 Å². The van der Waals surface area contributed by atoms with Gasteiger partial charge in [0.25, 0.3) is 0 Å². The maximum Gasteiger partial charge on any atom is 0.243 e. The van der Waals surface area contributed by atoms with Gasteiger partial charge in [-0.05, 0) is 33.0 Å². The molecule has 0 unspecified atom stereocenters. The summed E-state index contributed by atoms with van der Waals surface area (Å²) in [5, 5.41) is 9.68. The van der Waals surface area contributed by atoms with E-state index in [2.05, 4.69) is 32.7 Å². The van der Waals surface area contributed by atoms with Crippen molar-refractivity contribution in [3.8, 4) is 0 Å². The van der Waals surface area contributed by atoms with Gasteiger partial charge >= 0.3 is 0 Å². The van der Waals surface area contributed by atoms with Gasteiger partial charge in [0.05, 0.1) is 5.69 Å². The van der Waals surface area contributed by atoms with E-state index in [0.717, 1.165) is 4.96 Å². The fourth-order valence-corrected chi connectivity index (χ4v) is 3.29. The molecule has 2 aromatic rings. The molecule has 0 amide bonds. The molecule has 1 saturated heterocycles. The molecule has 3 rings (SSSR count). The number of aromatic nitrogens is 3. The molecule has 0 radical (unpaired) electrons. The van der Waals surface area contributed by atoms with Crippen molar-refractivity contribution in [2.24, 2.45) is 0 Å². The van der Waals surface area contributed by atoms with Gasteiger partial charge in [-0.25, -0.2) is 4.52 Å². The molecule has 6 heteroatoms. The van der Waals surface area contributed by atoms with Crippen molar-refractivity contribution in [3.05, 3.63) is 11.1 Å². The molecule has 0 spiro atoms. The van der Waals surface area contributed by atoms with Gasteiger partial charge in [0, 0.05) is 18.3 Å². The highest BCUT2D eigenvalue weighted by molar-refractivity contribution is 7.15. The molecular weight excluding hydrogens is 234 g/mol. The van der Waals surface area contributed by atoms with Crippen molar-refractivity contribution in [2.75, 3.05) is 32.5 Å². The SMILES string of the molecule is CNc1nc2scc(C3CCN(C)CC3)n2n1. The van der Waals surface area contributed by atoms with Crippen molar-refractivity contribution in [1.29, 1.82) is 0 Å². The van der Waals surface area contributed by atoms with Crippen LogP contribution in [0.2, 0.25) is 0 Å². The molecule has 1 fully saturated rings. The summed E-state index contributed by atoms with van der Waals surface area (Å²) in [6.45, 7) is 2.35. The molecule has 92 valence electrons. The largest absolute Gasteiger partial charge is 0.356 e. The second-order valence-corrected chi connectivity index (χ2v) is 5.45. The van der Waals surface area contributed by atoms with Crippen LogP contribution in [0.25, 0.3) is 4.96 Å². The van der Waals surface area contributed by atoms with Crippen LogP contribution in [-0.2, 0) is 0 Å². The summed E-state index contributed by atoms with van der Waals surface area (Å²) in [4.78, 5) is 7.79. The highest BCUT2D eigenvalue weighted by atomic mass is 32.1. The maximum absolute atomic E-state index is 4.48. The second-order valence-electron chi connectivity index (χ2n) is 4.62. The molecule has 5 nitrogen and oxygen atoms in total. The van der Waals surface area contributed by atoms with E-state index < -0.39 is 0 Å². The van der Waals surface area contributed by atoms with E-state index in [1.54, 1.807) is 11.3 Å². The van der Waals surface area contributed by atoms with E-state index in [-0.39, 0.29) is 0 Å². The van der Waals surface area contributed by atoms with Gasteiger partial charge in [-0.3, -0.25) is 0 Å². The summed E-state index contributed by atoms with van der Waals surface area (Å²) in [7, 11) is 4.04. The third kappa shape index (κ3) is 1.91. The first-order valence-electron chi connectivity index (χ1n) is 5.98. The van der Waals surface area contributed by atoms with Crippen LogP contribution in [-0.4, -0.2) is 46.7 Å². The summed E-state index contributed by atoms with van der Waals surface area (Å²) >= 11 is 1.68. The predicted molar refractivity (Wildman–Crippen MR) is 69.9 cm³/mol. The number of nitrogens with zero attached hydrogens (tertiary/aromatic N) is 4. The van der Waals surface area contributed by atoms with Crippen molar-refractivity contribution >= 4 is 22.2 Å². The molecule has 1 N–H and O–H groups in total. The zero-order valence-corrected chi connectivity index (χ0v) is 11.0. The number of piperidine rings is 1. The van der Waals surface area contributed by atoms with Crippen LogP contribution in [0.4, 0.5) is 5.95 Å². The van der Waals surface area contributed by atoms with Gasteiger partial charge in [-0.2, -0.15) is 4.98 Å². The summed E-state index contributed by atoms with van der Waals surface area (Å²) in [6.07, 6.45) is 2.44. The Morgan fingerprint density at radius 1 is 1.41 bits per heavy atom. The third-order valence-electron chi connectivity index (χ3n) is 3.47. The van der Waals surface area contributed by atoms with E-state index in [1.807, 2.05) is 11.6 Å². The number of anilines is 1. The molecule has 1 aliphatic heterocycles. The Labute approximate surface area is 104 Å². The van der Waals surface area contributed by atoms with Gasteiger partial charge in [0.2, 0.25) is 10.9 Å². The van der Waals surface area contributed by atoms with E-state index in [4.69, 9.17) is 0 Å². The Balaban J connectivity index is 1.91. The number of hydrogen-bond donors (Lipinski definition) is 1. The summed E-state index contributed by atoms with van der Waals surface area (Å²) in [6, 6.07) is 0. The van der Waals surface area contributed by atoms with Crippen LogP contribution < -0.4 is 5.32 Å². The van der Waals surface area contributed by atoms with E-state index in [1.165, 1.54) is 31.6 Å². The van der Waals surface area contributed by atoms with E-state index in [0.29, 0.717) is 11.9 Å². The molecule has 3 heterocycles. The zero-order chi connectivity index (χ0) is 11.8. The van der Waals surface area contributed by atoms with Gasteiger partial charge in [0.15, 0.2) is 0 Å². The van der Waals surface area contributed by atoms with Crippen molar-refractivity contribution in [3.63, 3.8) is 0 Å². The van der Waals surface area contributed by atoms with Gasteiger partial charge < -0.3 is 10.2 Å². The van der Waals surface area contributed by atoms with Crippen molar-refractivity contribution < 1.29 is 0 Å². The predicted octanol–water partition coefficient (Wildman–Crippen LogP) is 1.64. The van der Waals surface area contributed by atoms with Crippen LogP contribution in [0.15, 0.2) is 5.38 Å². The maximum atomic E-state index is 4.48. The minimum Gasteiger partial charge on any atom is -0.356 e. The van der Waals surface area contributed by atoms with E-state index in [9.17, 15) is 0 Å². The summed E-state index contributed by atoms with van der Waals surface area (Å²) in [5.41, 5.74) is 1.33. The second kappa shape index (κ2) is 4.27. The van der Waals surface area contributed by atoms with E-state index >= 15 is 0 Å². The number of rotatable bonds is 2. The normalized spacial score (nSPS) is 18.9. The molecule has 0 aliphatic carbocycles. The summed E-state index contributed by atoms with van der Waals surface area (Å²) < 4.78 is 2.01. The number of hydrogen-bond acceptors (Lipinski definition) is 5. The Bertz CT molecular complexity index is 509. The number of thiazole rings is 1. The Kier molecular flexibility index (Phi) is 2.76. The van der Waals surface area contributed by atoms with Gasteiger partial charge in [-0.1, -0.05) is 0 Å². The molecule has 0 saturated carbocycles. The lowest BCUT2D eigenvalue weighted by atomic mass is 9.94. The van der Waals surface area contributed by atoms with Crippen LogP contribution in [0, 0.1) is 0 Å².